The van der Waals surface area contributed by atoms with Crippen molar-refractivity contribution in [3.05, 3.63) is 33.9 Å². The maximum absolute atomic E-state index is 10.9. The Hall–Kier alpha value is -1.58. The Morgan fingerprint density at radius 3 is 2.65 bits per heavy atom. The molecule has 0 aromatic heterocycles. The second-order valence-corrected chi connectivity index (χ2v) is 4.32. The molecule has 0 spiro atoms. The minimum atomic E-state index is -0.333. The molecule has 0 fully saturated rings. The highest BCUT2D eigenvalue weighted by molar-refractivity contribution is 5.63. The summed E-state index contributed by atoms with van der Waals surface area (Å²) in [5, 5.41) is 14.2. The van der Waals surface area contributed by atoms with Gasteiger partial charge >= 0.3 is 0 Å². The molecule has 4 heteroatoms. The molecular weight excluding hydrogens is 216 g/mol. The number of nitro benzene ring substituents is 1. The van der Waals surface area contributed by atoms with Gasteiger partial charge in [-0.2, -0.15) is 0 Å². The molecule has 0 radical (unpaired) electrons. The average Bonchev–Trinajstić information content (AvgIpc) is 2.28. The van der Waals surface area contributed by atoms with Crippen molar-refractivity contribution in [2.75, 3.05) is 5.32 Å². The third kappa shape index (κ3) is 3.73. The van der Waals surface area contributed by atoms with Gasteiger partial charge in [0, 0.05) is 12.1 Å². The highest BCUT2D eigenvalue weighted by Gasteiger charge is 2.15. The van der Waals surface area contributed by atoms with Gasteiger partial charge < -0.3 is 5.32 Å². The van der Waals surface area contributed by atoms with Gasteiger partial charge in [-0.3, -0.25) is 10.1 Å². The van der Waals surface area contributed by atoms with Crippen molar-refractivity contribution >= 4 is 11.4 Å². The molecule has 1 atom stereocenters. The van der Waals surface area contributed by atoms with E-state index in [-0.39, 0.29) is 10.6 Å². The number of benzene rings is 1. The summed E-state index contributed by atoms with van der Waals surface area (Å²) in [6.45, 7) is 6.15. The molecule has 94 valence electrons. The molecule has 0 saturated heterocycles. The van der Waals surface area contributed by atoms with E-state index in [1.165, 1.54) is 0 Å². The molecule has 0 aliphatic carbocycles. The third-order valence-corrected chi connectivity index (χ3v) is 2.84. The normalized spacial score (nSPS) is 12.2. The van der Waals surface area contributed by atoms with Crippen LogP contribution in [0.1, 0.15) is 38.7 Å². The lowest BCUT2D eigenvalue weighted by atomic mass is 10.1. The van der Waals surface area contributed by atoms with Crippen LogP contribution < -0.4 is 5.32 Å². The summed E-state index contributed by atoms with van der Waals surface area (Å²) in [7, 11) is 0. The van der Waals surface area contributed by atoms with Gasteiger partial charge in [-0.15, -0.1) is 0 Å². The first-order valence-electron chi connectivity index (χ1n) is 6.10. The van der Waals surface area contributed by atoms with E-state index in [1.54, 1.807) is 12.1 Å². The van der Waals surface area contributed by atoms with Crippen LogP contribution in [0.15, 0.2) is 18.2 Å². The Morgan fingerprint density at radius 1 is 1.41 bits per heavy atom. The number of anilines is 1. The number of hydrogen-bond donors (Lipinski definition) is 1. The molecule has 0 aliphatic rings. The summed E-state index contributed by atoms with van der Waals surface area (Å²) >= 11 is 0. The van der Waals surface area contributed by atoms with E-state index in [0.29, 0.717) is 11.7 Å². The first-order chi connectivity index (χ1) is 8.08. The summed E-state index contributed by atoms with van der Waals surface area (Å²) in [5.41, 5.74) is 1.82. The van der Waals surface area contributed by atoms with Crippen LogP contribution >= 0.6 is 0 Å². The lowest BCUT2D eigenvalue weighted by molar-refractivity contribution is -0.384. The van der Waals surface area contributed by atoms with E-state index in [9.17, 15) is 10.1 Å². The lowest BCUT2D eigenvalue weighted by Gasteiger charge is -2.17. The zero-order chi connectivity index (χ0) is 12.8. The summed E-state index contributed by atoms with van der Waals surface area (Å²) in [6, 6.07) is 5.48. The standard InChI is InChI=1S/C13H20N2O2/c1-4-6-11(5-2)14-12-9-10(3)7-8-13(12)15(16)17/h7-9,11,14H,4-6H2,1-3H3. The molecule has 0 bridgehead atoms. The highest BCUT2D eigenvalue weighted by Crippen LogP contribution is 2.26. The number of nitro groups is 1. The molecule has 17 heavy (non-hydrogen) atoms. The number of hydrogen-bond acceptors (Lipinski definition) is 3. The zero-order valence-corrected chi connectivity index (χ0v) is 10.7. The van der Waals surface area contributed by atoms with Crippen LogP contribution in [-0.2, 0) is 0 Å². The second-order valence-electron chi connectivity index (χ2n) is 4.32. The average molecular weight is 236 g/mol. The Balaban J connectivity index is 2.94. The van der Waals surface area contributed by atoms with Gasteiger partial charge in [-0.25, -0.2) is 0 Å². The van der Waals surface area contributed by atoms with Crippen molar-refractivity contribution in [3.63, 3.8) is 0 Å². The van der Waals surface area contributed by atoms with Crippen LogP contribution in [0.25, 0.3) is 0 Å². The van der Waals surface area contributed by atoms with Crippen molar-refractivity contribution in [2.24, 2.45) is 0 Å². The Morgan fingerprint density at radius 2 is 2.12 bits per heavy atom. The Bertz CT molecular complexity index is 391. The minimum absolute atomic E-state index is 0.158. The van der Waals surface area contributed by atoms with Crippen LogP contribution in [0, 0.1) is 17.0 Å². The summed E-state index contributed by atoms with van der Waals surface area (Å²) in [4.78, 5) is 10.6. The molecule has 0 saturated carbocycles. The van der Waals surface area contributed by atoms with Gasteiger partial charge in [0.2, 0.25) is 0 Å². The number of rotatable bonds is 6. The van der Waals surface area contributed by atoms with E-state index >= 15 is 0 Å². The number of aryl methyl sites for hydroxylation is 1. The predicted molar refractivity (Wildman–Crippen MR) is 70.4 cm³/mol. The minimum Gasteiger partial charge on any atom is -0.377 e. The lowest BCUT2D eigenvalue weighted by Crippen LogP contribution is -2.18. The molecular formula is C13H20N2O2. The van der Waals surface area contributed by atoms with Crippen LogP contribution in [0.4, 0.5) is 11.4 Å². The fourth-order valence-electron chi connectivity index (χ4n) is 1.87. The second kappa shape index (κ2) is 6.23. The van der Waals surface area contributed by atoms with Crippen molar-refractivity contribution < 1.29 is 4.92 Å². The van der Waals surface area contributed by atoms with Crippen LogP contribution in [0.3, 0.4) is 0 Å². The van der Waals surface area contributed by atoms with Gasteiger partial charge in [0.15, 0.2) is 0 Å². The topological polar surface area (TPSA) is 55.2 Å². The Kier molecular flexibility index (Phi) is 4.94. The molecule has 1 unspecified atom stereocenters. The SMILES string of the molecule is CCCC(CC)Nc1cc(C)ccc1[N+](=O)[O-]. The van der Waals surface area contributed by atoms with Gasteiger partial charge in [0.1, 0.15) is 5.69 Å². The van der Waals surface area contributed by atoms with Crippen LogP contribution in [-0.4, -0.2) is 11.0 Å². The molecule has 1 aromatic carbocycles. The van der Waals surface area contributed by atoms with E-state index in [0.717, 1.165) is 24.8 Å². The van der Waals surface area contributed by atoms with Crippen molar-refractivity contribution in [1.29, 1.82) is 0 Å². The van der Waals surface area contributed by atoms with E-state index < -0.39 is 0 Å². The monoisotopic (exact) mass is 236 g/mol. The van der Waals surface area contributed by atoms with E-state index in [1.807, 2.05) is 13.0 Å². The maximum Gasteiger partial charge on any atom is 0.292 e. The first kappa shape index (κ1) is 13.5. The zero-order valence-electron chi connectivity index (χ0n) is 10.7. The summed E-state index contributed by atoms with van der Waals surface area (Å²) in [6.07, 6.45) is 3.08. The van der Waals surface area contributed by atoms with Gasteiger partial charge in [-0.1, -0.05) is 26.3 Å². The quantitative estimate of drug-likeness (QED) is 0.602. The largest absolute Gasteiger partial charge is 0.377 e. The van der Waals surface area contributed by atoms with Gasteiger partial charge in [0.05, 0.1) is 4.92 Å². The Labute approximate surface area is 102 Å². The molecule has 1 rings (SSSR count). The molecule has 1 aromatic rings. The third-order valence-electron chi connectivity index (χ3n) is 2.84. The molecule has 4 nitrogen and oxygen atoms in total. The molecule has 1 N–H and O–H groups in total. The first-order valence-corrected chi connectivity index (χ1v) is 6.10. The predicted octanol–water partition coefficient (Wildman–Crippen LogP) is 3.89. The fraction of sp³-hybridized carbons (Fsp3) is 0.538. The smallest absolute Gasteiger partial charge is 0.292 e. The van der Waals surface area contributed by atoms with Crippen LogP contribution in [0.2, 0.25) is 0 Å². The summed E-state index contributed by atoms with van der Waals surface area (Å²) < 4.78 is 0. The maximum atomic E-state index is 10.9. The number of nitrogens with one attached hydrogen (secondary N) is 1. The van der Waals surface area contributed by atoms with E-state index in [2.05, 4.69) is 19.2 Å². The molecule has 0 heterocycles. The number of nitrogens with zero attached hydrogens (tertiary/aromatic N) is 1. The van der Waals surface area contributed by atoms with Crippen molar-refractivity contribution in [3.8, 4) is 0 Å². The summed E-state index contributed by atoms with van der Waals surface area (Å²) in [5.74, 6) is 0. The van der Waals surface area contributed by atoms with Crippen LogP contribution in [0.5, 0.6) is 0 Å². The molecule has 0 aliphatic heterocycles. The fourth-order valence-corrected chi connectivity index (χ4v) is 1.87. The van der Waals surface area contributed by atoms with E-state index in [4.69, 9.17) is 0 Å². The van der Waals surface area contributed by atoms with Gasteiger partial charge in [0.25, 0.3) is 5.69 Å². The van der Waals surface area contributed by atoms with Gasteiger partial charge in [-0.05, 0) is 31.4 Å². The van der Waals surface area contributed by atoms with Crippen molar-refractivity contribution in [2.45, 2.75) is 46.1 Å². The molecule has 0 amide bonds. The van der Waals surface area contributed by atoms with Crippen molar-refractivity contribution in [1.82, 2.24) is 0 Å². The highest BCUT2D eigenvalue weighted by atomic mass is 16.6.